The normalized spacial score (nSPS) is 13.1. The van der Waals surface area contributed by atoms with Gasteiger partial charge in [0, 0.05) is 11.8 Å². The summed E-state index contributed by atoms with van der Waals surface area (Å²) in [5, 5.41) is 16.0. The molecule has 0 spiro atoms. The summed E-state index contributed by atoms with van der Waals surface area (Å²) >= 11 is 1.54. The van der Waals surface area contributed by atoms with E-state index in [1.807, 2.05) is 26.8 Å². The van der Waals surface area contributed by atoms with E-state index >= 15 is 0 Å². The first kappa shape index (κ1) is 20.3. The van der Waals surface area contributed by atoms with Gasteiger partial charge in [-0.25, -0.2) is 9.97 Å². The number of aliphatic hydroxyl groups is 1. The number of alkyl halides is 3. The van der Waals surface area contributed by atoms with Gasteiger partial charge in [-0.05, 0) is 31.0 Å². The van der Waals surface area contributed by atoms with E-state index in [1.165, 1.54) is 0 Å². The van der Waals surface area contributed by atoms with Gasteiger partial charge in [0.05, 0.1) is 27.9 Å². The molecule has 28 heavy (non-hydrogen) atoms. The van der Waals surface area contributed by atoms with Gasteiger partial charge in [-0.1, -0.05) is 13.8 Å². The molecule has 10 heteroatoms. The summed E-state index contributed by atoms with van der Waals surface area (Å²) in [5.74, 6) is -0.220. The van der Waals surface area contributed by atoms with Gasteiger partial charge in [-0.3, -0.25) is 0 Å². The fraction of sp³-hybridized carbons (Fsp3) is 0.389. The average molecular weight is 411 g/mol. The van der Waals surface area contributed by atoms with Crippen molar-refractivity contribution in [3.05, 3.63) is 35.0 Å². The van der Waals surface area contributed by atoms with Crippen LogP contribution in [0.25, 0.3) is 10.2 Å². The summed E-state index contributed by atoms with van der Waals surface area (Å²) in [6, 6.07) is 5.75. The molecular formula is C18H20F3N5OS. The number of halogens is 3. The fourth-order valence-electron chi connectivity index (χ4n) is 2.58. The Bertz CT molecular complexity index is 973. The van der Waals surface area contributed by atoms with Gasteiger partial charge in [-0.2, -0.15) is 18.2 Å². The van der Waals surface area contributed by atoms with Crippen LogP contribution < -0.4 is 10.6 Å². The zero-order valence-electron chi connectivity index (χ0n) is 15.5. The number of hydrogen-bond acceptors (Lipinski definition) is 7. The molecule has 0 amide bonds. The summed E-state index contributed by atoms with van der Waals surface area (Å²) < 4.78 is 40.8. The molecule has 0 radical (unpaired) electrons. The van der Waals surface area contributed by atoms with Crippen molar-refractivity contribution in [3.8, 4) is 0 Å². The minimum atomic E-state index is -4.63. The lowest BCUT2D eigenvalue weighted by Gasteiger charge is -2.21. The van der Waals surface area contributed by atoms with Crippen LogP contribution in [-0.4, -0.2) is 32.7 Å². The monoisotopic (exact) mass is 411 g/mol. The van der Waals surface area contributed by atoms with Gasteiger partial charge in [0.2, 0.25) is 5.95 Å². The minimum absolute atomic E-state index is 0.00317. The predicted octanol–water partition coefficient (Wildman–Crippen LogP) is 4.59. The van der Waals surface area contributed by atoms with Crippen LogP contribution in [0.5, 0.6) is 0 Å². The highest BCUT2D eigenvalue weighted by Gasteiger charge is 2.34. The second kappa shape index (κ2) is 7.88. The molecule has 150 valence electrons. The predicted molar refractivity (Wildman–Crippen MR) is 104 cm³/mol. The van der Waals surface area contributed by atoms with Crippen molar-refractivity contribution in [3.63, 3.8) is 0 Å². The first-order valence-electron chi connectivity index (χ1n) is 8.63. The van der Waals surface area contributed by atoms with Crippen molar-refractivity contribution in [2.45, 2.75) is 33.0 Å². The molecule has 3 rings (SSSR count). The molecule has 1 atom stereocenters. The van der Waals surface area contributed by atoms with Crippen molar-refractivity contribution in [1.82, 2.24) is 15.0 Å². The number of fused-ring (bicyclic) bond motifs is 1. The van der Waals surface area contributed by atoms with Crippen LogP contribution in [0.2, 0.25) is 0 Å². The lowest BCUT2D eigenvalue weighted by atomic mass is 10.1. The van der Waals surface area contributed by atoms with Crippen LogP contribution >= 0.6 is 11.3 Å². The molecule has 0 saturated carbocycles. The Morgan fingerprint density at radius 1 is 1.14 bits per heavy atom. The number of thiazole rings is 1. The van der Waals surface area contributed by atoms with Gasteiger partial charge in [-0.15, -0.1) is 11.3 Å². The topological polar surface area (TPSA) is 83.0 Å². The molecule has 3 aromatic rings. The van der Waals surface area contributed by atoms with E-state index in [1.54, 1.807) is 23.5 Å². The second-order valence-corrected chi connectivity index (χ2v) is 7.91. The first-order chi connectivity index (χ1) is 13.2. The average Bonchev–Trinajstić information content (AvgIpc) is 2.97. The summed E-state index contributed by atoms with van der Waals surface area (Å²) in [4.78, 5) is 12.1. The third-order valence-electron chi connectivity index (χ3n) is 4.10. The Morgan fingerprint density at radius 2 is 1.89 bits per heavy atom. The molecule has 0 aliphatic rings. The van der Waals surface area contributed by atoms with E-state index in [0.717, 1.165) is 21.3 Å². The number of anilines is 3. The van der Waals surface area contributed by atoms with E-state index in [4.69, 9.17) is 0 Å². The minimum Gasteiger partial charge on any atom is -0.394 e. The summed E-state index contributed by atoms with van der Waals surface area (Å²) in [6.45, 7) is 5.32. The van der Waals surface area contributed by atoms with Crippen LogP contribution in [0, 0.1) is 12.8 Å². The summed E-state index contributed by atoms with van der Waals surface area (Å²) in [6.07, 6.45) is -4.63. The van der Waals surface area contributed by atoms with E-state index in [2.05, 4.69) is 25.6 Å². The number of nitrogens with one attached hydrogen (secondary N) is 2. The molecule has 0 fully saturated rings. The Hall–Kier alpha value is -2.46. The zero-order valence-corrected chi connectivity index (χ0v) is 16.3. The molecule has 0 aliphatic heterocycles. The van der Waals surface area contributed by atoms with Crippen LogP contribution in [0.3, 0.4) is 0 Å². The Kier molecular flexibility index (Phi) is 5.71. The molecule has 3 N–H and O–H groups in total. The maximum absolute atomic E-state index is 13.3. The molecule has 0 saturated heterocycles. The largest absolute Gasteiger partial charge is 0.433 e. The third kappa shape index (κ3) is 4.68. The number of hydrogen-bond donors (Lipinski definition) is 3. The molecule has 0 bridgehead atoms. The number of aryl methyl sites for hydroxylation is 1. The Morgan fingerprint density at radius 3 is 2.54 bits per heavy atom. The maximum Gasteiger partial charge on any atom is 0.433 e. The number of benzene rings is 1. The van der Waals surface area contributed by atoms with Crippen molar-refractivity contribution >= 4 is 39.0 Å². The number of rotatable bonds is 6. The number of aliphatic hydroxyl groups excluding tert-OH is 1. The number of nitrogens with zero attached hydrogens (tertiary/aromatic N) is 3. The fourth-order valence-corrected chi connectivity index (χ4v) is 3.39. The van der Waals surface area contributed by atoms with Gasteiger partial charge in [0.1, 0.15) is 5.82 Å². The standard InChI is InChI=1S/C18H20F3N5OS/c1-9(2)13(8-27)24-17-25-15(18(19,20)21)7-16(26-17)23-11-4-5-14-12(6-11)22-10(3)28-14/h4-7,9,13,27H,8H2,1-3H3,(H2,23,24,25,26)/t13-/m1/s1. The van der Waals surface area contributed by atoms with Crippen LogP contribution in [-0.2, 0) is 6.18 Å². The van der Waals surface area contributed by atoms with E-state index in [0.29, 0.717) is 5.69 Å². The Labute approximate surface area is 163 Å². The second-order valence-electron chi connectivity index (χ2n) is 6.68. The van der Waals surface area contributed by atoms with E-state index < -0.39 is 17.9 Å². The SMILES string of the molecule is Cc1nc2cc(Nc3cc(C(F)(F)F)nc(N[C@H](CO)C(C)C)n3)ccc2s1. The van der Waals surface area contributed by atoms with Gasteiger partial charge >= 0.3 is 6.18 Å². The highest BCUT2D eigenvalue weighted by atomic mass is 32.1. The lowest BCUT2D eigenvalue weighted by molar-refractivity contribution is -0.141. The van der Waals surface area contributed by atoms with Crippen LogP contribution in [0.15, 0.2) is 24.3 Å². The van der Waals surface area contributed by atoms with Crippen molar-refractivity contribution in [2.75, 3.05) is 17.2 Å². The molecular weight excluding hydrogens is 391 g/mol. The smallest absolute Gasteiger partial charge is 0.394 e. The Balaban J connectivity index is 1.94. The van der Waals surface area contributed by atoms with E-state index in [-0.39, 0.29) is 24.3 Å². The molecule has 0 unspecified atom stereocenters. The third-order valence-corrected chi connectivity index (χ3v) is 5.05. The van der Waals surface area contributed by atoms with E-state index in [9.17, 15) is 18.3 Å². The lowest BCUT2D eigenvalue weighted by Crippen LogP contribution is -2.30. The highest BCUT2D eigenvalue weighted by Crippen LogP contribution is 2.31. The maximum atomic E-state index is 13.3. The molecule has 0 aliphatic carbocycles. The van der Waals surface area contributed by atoms with Crippen LogP contribution in [0.1, 0.15) is 24.5 Å². The van der Waals surface area contributed by atoms with Crippen molar-refractivity contribution in [1.29, 1.82) is 0 Å². The van der Waals surface area contributed by atoms with Crippen LogP contribution in [0.4, 0.5) is 30.6 Å². The van der Waals surface area contributed by atoms with Crippen molar-refractivity contribution in [2.24, 2.45) is 5.92 Å². The summed E-state index contributed by atoms with van der Waals surface area (Å²) in [7, 11) is 0. The highest BCUT2D eigenvalue weighted by molar-refractivity contribution is 7.18. The van der Waals surface area contributed by atoms with Gasteiger partial charge in [0.25, 0.3) is 0 Å². The molecule has 2 heterocycles. The summed E-state index contributed by atoms with van der Waals surface area (Å²) in [5.41, 5.74) is 0.257. The molecule has 1 aromatic carbocycles. The first-order valence-corrected chi connectivity index (χ1v) is 9.45. The molecule has 6 nitrogen and oxygen atoms in total. The van der Waals surface area contributed by atoms with Gasteiger partial charge < -0.3 is 15.7 Å². The van der Waals surface area contributed by atoms with Crippen molar-refractivity contribution < 1.29 is 18.3 Å². The molecule has 2 aromatic heterocycles. The number of aromatic nitrogens is 3. The van der Waals surface area contributed by atoms with Gasteiger partial charge in [0.15, 0.2) is 5.69 Å². The quantitative estimate of drug-likeness (QED) is 0.551. The zero-order chi connectivity index (χ0) is 20.5.